The highest BCUT2D eigenvalue weighted by molar-refractivity contribution is 5.17. The molecule has 2 nitrogen and oxygen atoms in total. The summed E-state index contributed by atoms with van der Waals surface area (Å²) in [5, 5.41) is 2.95. The van der Waals surface area contributed by atoms with E-state index in [2.05, 4.69) is 10.3 Å². The Morgan fingerprint density at radius 1 is 1.38 bits per heavy atom. The lowest BCUT2D eigenvalue weighted by molar-refractivity contribution is -0.135. The Labute approximate surface area is 92.9 Å². The molecule has 0 saturated heterocycles. The van der Waals surface area contributed by atoms with E-state index in [1.165, 1.54) is 0 Å². The molecule has 0 aromatic carbocycles. The maximum Gasteiger partial charge on any atom is 0.389 e. The predicted octanol–water partition coefficient (Wildman–Crippen LogP) is 2.82. The Bertz CT molecular complexity index is 323. The maximum atomic E-state index is 11.8. The Balaban J connectivity index is 2.19. The van der Waals surface area contributed by atoms with Crippen molar-refractivity contribution in [1.82, 2.24) is 10.3 Å². The van der Waals surface area contributed by atoms with Crippen LogP contribution < -0.4 is 5.32 Å². The molecular formula is C11H15F3N2. The summed E-state index contributed by atoms with van der Waals surface area (Å²) >= 11 is 0. The van der Waals surface area contributed by atoms with Crippen molar-refractivity contribution in [3.8, 4) is 0 Å². The molecule has 1 aromatic heterocycles. The summed E-state index contributed by atoms with van der Waals surface area (Å²) in [6.45, 7) is 2.81. The molecule has 1 aromatic rings. The SMILES string of the molecule is Cc1cccnc1CNCCCC(F)(F)F. The third-order valence-electron chi connectivity index (χ3n) is 2.22. The van der Waals surface area contributed by atoms with E-state index in [0.29, 0.717) is 13.1 Å². The van der Waals surface area contributed by atoms with Gasteiger partial charge in [-0.05, 0) is 31.5 Å². The summed E-state index contributed by atoms with van der Waals surface area (Å²) in [4.78, 5) is 4.14. The molecule has 0 atom stereocenters. The van der Waals surface area contributed by atoms with Crippen LogP contribution in [0.2, 0.25) is 0 Å². The minimum absolute atomic E-state index is 0.107. The molecule has 0 amide bonds. The van der Waals surface area contributed by atoms with Crippen LogP contribution in [0.3, 0.4) is 0 Å². The monoisotopic (exact) mass is 232 g/mol. The summed E-state index contributed by atoms with van der Waals surface area (Å²) in [6.07, 6.45) is -3.00. The van der Waals surface area contributed by atoms with E-state index in [0.717, 1.165) is 11.3 Å². The largest absolute Gasteiger partial charge is 0.389 e. The summed E-state index contributed by atoms with van der Waals surface area (Å²) in [7, 11) is 0. The summed E-state index contributed by atoms with van der Waals surface area (Å²) in [5.74, 6) is 0. The van der Waals surface area contributed by atoms with Crippen molar-refractivity contribution in [2.24, 2.45) is 0 Å². The summed E-state index contributed by atoms with van der Waals surface area (Å²) in [6, 6.07) is 3.77. The number of aryl methyl sites for hydroxylation is 1. The Morgan fingerprint density at radius 3 is 2.75 bits per heavy atom. The van der Waals surface area contributed by atoms with Gasteiger partial charge in [-0.15, -0.1) is 0 Å². The molecule has 0 bridgehead atoms. The Hall–Kier alpha value is -1.10. The molecule has 0 saturated carbocycles. The molecule has 0 aliphatic rings. The van der Waals surface area contributed by atoms with Crippen molar-refractivity contribution >= 4 is 0 Å². The van der Waals surface area contributed by atoms with Crippen molar-refractivity contribution in [3.63, 3.8) is 0 Å². The second kappa shape index (κ2) is 5.84. The second-order valence-electron chi connectivity index (χ2n) is 3.66. The molecule has 0 spiro atoms. The lowest BCUT2D eigenvalue weighted by Crippen LogP contribution is -2.18. The first-order chi connectivity index (χ1) is 7.49. The number of pyridine rings is 1. The molecule has 1 N–H and O–H groups in total. The number of nitrogens with zero attached hydrogens (tertiary/aromatic N) is 1. The van der Waals surface area contributed by atoms with Crippen LogP contribution in [-0.4, -0.2) is 17.7 Å². The molecule has 0 aliphatic heterocycles. The van der Waals surface area contributed by atoms with Crippen LogP contribution in [0.1, 0.15) is 24.1 Å². The first kappa shape index (κ1) is 13.0. The molecule has 0 fully saturated rings. The molecule has 0 unspecified atom stereocenters. The maximum absolute atomic E-state index is 11.8. The molecule has 90 valence electrons. The topological polar surface area (TPSA) is 24.9 Å². The third-order valence-corrected chi connectivity index (χ3v) is 2.22. The van der Waals surface area contributed by atoms with Gasteiger partial charge in [0.05, 0.1) is 5.69 Å². The minimum atomic E-state index is -4.05. The summed E-state index contributed by atoms with van der Waals surface area (Å²) in [5.41, 5.74) is 1.93. The second-order valence-corrected chi connectivity index (χ2v) is 3.66. The summed E-state index contributed by atoms with van der Waals surface area (Å²) < 4.78 is 35.5. The van der Waals surface area contributed by atoms with E-state index in [1.54, 1.807) is 6.20 Å². The van der Waals surface area contributed by atoms with Crippen LogP contribution in [0.4, 0.5) is 13.2 Å². The van der Waals surface area contributed by atoms with E-state index in [1.807, 2.05) is 19.1 Å². The van der Waals surface area contributed by atoms with Gasteiger partial charge in [0.1, 0.15) is 0 Å². The van der Waals surface area contributed by atoms with Gasteiger partial charge in [0.2, 0.25) is 0 Å². The van der Waals surface area contributed by atoms with Crippen molar-refractivity contribution in [1.29, 1.82) is 0 Å². The van der Waals surface area contributed by atoms with Gasteiger partial charge in [-0.25, -0.2) is 0 Å². The van der Waals surface area contributed by atoms with Crippen molar-refractivity contribution in [2.45, 2.75) is 32.5 Å². The average Bonchev–Trinajstić information content (AvgIpc) is 2.18. The van der Waals surface area contributed by atoms with E-state index in [4.69, 9.17) is 0 Å². The van der Waals surface area contributed by atoms with Crippen LogP contribution in [0.15, 0.2) is 18.3 Å². The first-order valence-electron chi connectivity index (χ1n) is 5.17. The van der Waals surface area contributed by atoms with Gasteiger partial charge in [-0.3, -0.25) is 4.98 Å². The van der Waals surface area contributed by atoms with E-state index >= 15 is 0 Å². The highest BCUT2D eigenvalue weighted by atomic mass is 19.4. The van der Waals surface area contributed by atoms with E-state index < -0.39 is 12.6 Å². The highest BCUT2D eigenvalue weighted by Gasteiger charge is 2.25. The quantitative estimate of drug-likeness (QED) is 0.789. The average molecular weight is 232 g/mol. The van der Waals surface area contributed by atoms with Crippen LogP contribution >= 0.6 is 0 Å². The number of rotatable bonds is 5. The number of alkyl halides is 3. The fraction of sp³-hybridized carbons (Fsp3) is 0.545. The minimum Gasteiger partial charge on any atom is -0.311 e. The van der Waals surface area contributed by atoms with Gasteiger partial charge >= 0.3 is 6.18 Å². The number of nitrogens with one attached hydrogen (secondary N) is 1. The fourth-order valence-electron chi connectivity index (χ4n) is 1.32. The lowest BCUT2D eigenvalue weighted by Gasteiger charge is -2.08. The molecule has 1 rings (SSSR count). The molecule has 0 aliphatic carbocycles. The highest BCUT2D eigenvalue weighted by Crippen LogP contribution is 2.20. The molecule has 1 heterocycles. The zero-order valence-corrected chi connectivity index (χ0v) is 9.14. The van der Waals surface area contributed by atoms with Gasteiger partial charge < -0.3 is 5.32 Å². The lowest BCUT2D eigenvalue weighted by atomic mass is 10.2. The number of hydrogen-bond donors (Lipinski definition) is 1. The van der Waals surface area contributed by atoms with Gasteiger partial charge in [0.15, 0.2) is 0 Å². The zero-order valence-electron chi connectivity index (χ0n) is 9.14. The van der Waals surface area contributed by atoms with Crippen molar-refractivity contribution in [3.05, 3.63) is 29.6 Å². The van der Waals surface area contributed by atoms with E-state index in [-0.39, 0.29) is 6.42 Å². The first-order valence-corrected chi connectivity index (χ1v) is 5.17. The molecule has 5 heteroatoms. The van der Waals surface area contributed by atoms with Crippen LogP contribution in [0.25, 0.3) is 0 Å². The Morgan fingerprint density at radius 2 is 2.12 bits per heavy atom. The predicted molar refractivity (Wildman–Crippen MR) is 56.0 cm³/mol. The van der Waals surface area contributed by atoms with Crippen LogP contribution in [-0.2, 0) is 6.54 Å². The van der Waals surface area contributed by atoms with Gasteiger partial charge in [0, 0.05) is 19.2 Å². The number of halogens is 3. The third kappa shape index (κ3) is 5.11. The zero-order chi connectivity index (χ0) is 12.0. The van der Waals surface area contributed by atoms with Crippen LogP contribution in [0.5, 0.6) is 0 Å². The molecular weight excluding hydrogens is 217 g/mol. The van der Waals surface area contributed by atoms with Gasteiger partial charge in [0.25, 0.3) is 0 Å². The molecule has 16 heavy (non-hydrogen) atoms. The normalized spacial score (nSPS) is 11.8. The standard InChI is InChI=1S/C11H15F3N2/c1-9-4-2-7-16-10(9)8-15-6-3-5-11(12,13)14/h2,4,7,15H,3,5-6,8H2,1H3. The van der Waals surface area contributed by atoms with E-state index in [9.17, 15) is 13.2 Å². The van der Waals surface area contributed by atoms with Gasteiger partial charge in [-0.2, -0.15) is 13.2 Å². The van der Waals surface area contributed by atoms with Crippen LogP contribution in [0, 0.1) is 6.92 Å². The Kier molecular flexibility index (Phi) is 4.73. The number of hydrogen-bond acceptors (Lipinski definition) is 2. The fourth-order valence-corrected chi connectivity index (χ4v) is 1.32. The molecule has 0 radical (unpaired) electrons. The van der Waals surface area contributed by atoms with Gasteiger partial charge in [-0.1, -0.05) is 6.07 Å². The van der Waals surface area contributed by atoms with Crippen molar-refractivity contribution in [2.75, 3.05) is 6.54 Å². The smallest absolute Gasteiger partial charge is 0.311 e. The number of aromatic nitrogens is 1. The van der Waals surface area contributed by atoms with Crippen molar-refractivity contribution < 1.29 is 13.2 Å².